The summed E-state index contributed by atoms with van der Waals surface area (Å²) in [5, 5.41) is 3.55. The molecule has 1 saturated heterocycles. The molecule has 2 unspecified atom stereocenters. The maximum atomic E-state index is 4.93. The highest BCUT2D eigenvalue weighted by molar-refractivity contribution is 5.81. The van der Waals surface area contributed by atoms with Gasteiger partial charge in [0.05, 0.1) is 22.4 Å². The molecule has 1 aliphatic heterocycles. The summed E-state index contributed by atoms with van der Waals surface area (Å²) in [6.45, 7) is 4.22. The van der Waals surface area contributed by atoms with Crippen molar-refractivity contribution in [2.24, 2.45) is 0 Å². The monoisotopic (exact) mass is 302 g/mol. The van der Waals surface area contributed by atoms with E-state index in [1.54, 1.807) is 12.4 Å². The normalized spacial score (nSPS) is 22.3. The topological polar surface area (TPSA) is 50.7 Å². The zero-order valence-electron chi connectivity index (χ0n) is 13.1. The summed E-state index contributed by atoms with van der Waals surface area (Å²) in [6, 6.07) is 8.54. The van der Waals surface area contributed by atoms with Crippen molar-refractivity contribution in [2.45, 2.75) is 25.2 Å². The van der Waals surface area contributed by atoms with Gasteiger partial charge in [0.2, 0.25) is 0 Å². The van der Waals surface area contributed by atoms with E-state index in [0.717, 1.165) is 41.1 Å². The second-order valence-electron chi connectivity index (χ2n) is 6.65. The summed E-state index contributed by atoms with van der Waals surface area (Å²) < 4.78 is 0. The minimum Gasteiger partial charge on any atom is -0.316 e. The molecule has 1 fully saturated rings. The molecule has 4 heteroatoms. The van der Waals surface area contributed by atoms with Gasteiger partial charge in [0.25, 0.3) is 0 Å². The molecule has 1 aromatic carbocycles. The zero-order valence-corrected chi connectivity index (χ0v) is 13.1. The number of rotatable bonds is 1. The van der Waals surface area contributed by atoms with E-state index < -0.39 is 0 Å². The Morgan fingerprint density at radius 3 is 2.30 bits per heavy atom. The SMILES string of the molecule is Cc1nc2cc3c(cc2nc1-c1ccncc1)C1CNCC3C1. The van der Waals surface area contributed by atoms with Crippen LogP contribution in [0, 0.1) is 6.92 Å². The van der Waals surface area contributed by atoms with Crippen molar-refractivity contribution in [1.82, 2.24) is 20.3 Å². The first-order valence-corrected chi connectivity index (χ1v) is 8.23. The average molecular weight is 302 g/mol. The van der Waals surface area contributed by atoms with Crippen LogP contribution in [0.15, 0.2) is 36.7 Å². The molecule has 3 aromatic rings. The largest absolute Gasteiger partial charge is 0.316 e. The number of hydrogen-bond acceptors (Lipinski definition) is 4. The lowest BCUT2D eigenvalue weighted by atomic mass is 9.98. The first kappa shape index (κ1) is 13.1. The molecule has 1 aliphatic carbocycles. The first-order valence-electron chi connectivity index (χ1n) is 8.23. The fourth-order valence-electron chi connectivity index (χ4n) is 4.13. The Kier molecular flexibility index (Phi) is 2.76. The van der Waals surface area contributed by atoms with Crippen molar-refractivity contribution in [3.63, 3.8) is 0 Å². The van der Waals surface area contributed by atoms with E-state index in [4.69, 9.17) is 9.97 Å². The third-order valence-corrected chi connectivity index (χ3v) is 5.23. The lowest BCUT2D eigenvalue weighted by molar-refractivity contribution is 0.454. The van der Waals surface area contributed by atoms with Crippen LogP contribution in [0.3, 0.4) is 0 Å². The van der Waals surface area contributed by atoms with E-state index in [9.17, 15) is 0 Å². The van der Waals surface area contributed by atoms with E-state index >= 15 is 0 Å². The molecule has 0 radical (unpaired) electrons. The van der Waals surface area contributed by atoms with Crippen molar-refractivity contribution in [3.05, 3.63) is 53.5 Å². The molecule has 23 heavy (non-hydrogen) atoms. The maximum Gasteiger partial charge on any atom is 0.0923 e. The number of aryl methyl sites for hydroxylation is 1. The van der Waals surface area contributed by atoms with Crippen LogP contribution in [0.5, 0.6) is 0 Å². The predicted molar refractivity (Wildman–Crippen MR) is 90.5 cm³/mol. The molecule has 0 saturated carbocycles. The molecule has 0 amide bonds. The summed E-state index contributed by atoms with van der Waals surface area (Å²) in [4.78, 5) is 13.9. The molecule has 0 spiro atoms. The summed E-state index contributed by atoms with van der Waals surface area (Å²) in [5.74, 6) is 1.29. The smallest absolute Gasteiger partial charge is 0.0923 e. The molecule has 2 aliphatic rings. The fourth-order valence-corrected chi connectivity index (χ4v) is 4.13. The number of pyridine rings is 1. The van der Waals surface area contributed by atoms with E-state index in [-0.39, 0.29) is 0 Å². The number of piperidine rings is 1. The number of nitrogens with one attached hydrogen (secondary N) is 1. The van der Waals surface area contributed by atoms with Gasteiger partial charge in [-0.2, -0.15) is 0 Å². The third-order valence-electron chi connectivity index (χ3n) is 5.23. The van der Waals surface area contributed by atoms with Crippen molar-refractivity contribution < 1.29 is 0 Å². The van der Waals surface area contributed by atoms with Gasteiger partial charge >= 0.3 is 0 Å². The highest BCUT2D eigenvalue weighted by atomic mass is 14.9. The molecule has 3 heterocycles. The van der Waals surface area contributed by atoms with Crippen molar-refractivity contribution in [2.75, 3.05) is 13.1 Å². The van der Waals surface area contributed by atoms with E-state index in [1.807, 2.05) is 19.1 Å². The highest BCUT2D eigenvalue weighted by Gasteiger charge is 2.34. The van der Waals surface area contributed by atoms with Crippen LogP contribution in [-0.2, 0) is 0 Å². The molecular formula is C19H18N4. The quantitative estimate of drug-likeness (QED) is 0.750. The third kappa shape index (κ3) is 1.98. The Morgan fingerprint density at radius 1 is 0.957 bits per heavy atom. The number of fused-ring (bicyclic) bond motifs is 6. The lowest BCUT2D eigenvalue weighted by Crippen LogP contribution is -2.28. The van der Waals surface area contributed by atoms with Crippen LogP contribution in [0.2, 0.25) is 0 Å². The van der Waals surface area contributed by atoms with Crippen LogP contribution in [0.4, 0.5) is 0 Å². The van der Waals surface area contributed by atoms with Gasteiger partial charge in [-0.25, -0.2) is 9.97 Å². The van der Waals surface area contributed by atoms with Gasteiger partial charge in [-0.05, 0) is 60.6 Å². The molecule has 5 rings (SSSR count). The number of nitrogens with zero attached hydrogens (tertiary/aromatic N) is 3. The number of hydrogen-bond donors (Lipinski definition) is 1. The summed E-state index contributed by atoms with van der Waals surface area (Å²) >= 11 is 0. The standard InChI is InChI=1S/C19H18N4/c1-11-19(12-2-4-20-5-3-12)23-18-8-16-14-6-13(9-21-10-14)15(16)7-17(18)22-11/h2-5,7-8,13-14,21H,6,9-10H2,1H3. The summed E-state index contributed by atoms with van der Waals surface area (Å²) in [5.41, 5.74) is 8.00. The average Bonchev–Trinajstić information content (AvgIpc) is 2.83. The van der Waals surface area contributed by atoms with Gasteiger partial charge in [-0.1, -0.05) is 0 Å². The van der Waals surface area contributed by atoms with Crippen molar-refractivity contribution in [1.29, 1.82) is 0 Å². The molecule has 4 nitrogen and oxygen atoms in total. The molecular weight excluding hydrogens is 284 g/mol. The van der Waals surface area contributed by atoms with Crippen LogP contribution in [0.1, 0.15) is 35.1 Å². The van der Waals surface area contributed by atoms with E-state index in [1.165, 1.54) is 17.5 Å². The minimum atomic E-state index is 0.639. The van der Waals surface area contributed by atoms with Gasteiger partial charge in [0.15, 0.2) is 0 Å². The van der Waals surface area contributed by atoms with E-state index in [0.29, 0.717) is 11.8 Å². The first-order chi connectivity index (χ1) is 11.3. The van der Waals surface area contributed by atoms with Crippen LogP contribution < -0.4 is 5.32 Å². The Hall–Kier alpha value is -2.33. The highest BCUT2D eigenvalue weighted by Crippen LogP contribution is 2.44. The second-order valence-corrected chi connectivity index (χ2v) is 6.65. The van der Waals surface area contributed by atoms with Gasteiger partial charge in [-0.3, -0.25) is 4.98 Å². The predicted octanol–water partition coefficient (Wildman–Crippen LogP) is 3.17. The zero-order chi connectivity index (χ0) is 15.4. The van der Waals surface area contributed by atoms with Crippen molar-refractivity contribution >= 4 is 11.0 Å². The van der Waals surface area contributed by atoms with Gasteiger partial charge in [0.1, 0.15) is 0 Å². The summed E-state index contributed by atoms with van der Waals surface area (Å²) in [6.07, 6.45) is 4.88. The lowest BCUT2D eigenvalue weighted by Gasteiger charge is -2.19. The molecule has 2 aromatic heterocycles. The Balaban J connectivity index is 1.72. The Labute approximate surface area is 135 Å². The van der Waals surface area contributed by atoms with E-state index in [2.05, 4.69) is 22.4 Å². The number of benzene rings is 1. The van der Waals surface area contributed by atoms with Crippen LogP contribution in [0.25, 0.3) is 22.3 Å². The van der Waals surface area contributed by atoms with Gasteiger partial charge < -0.3 is 5.32 Å². The number of aromatic nitrogens is 3. The Bertz CT molecular complexity index is 904. The van der Waals surface area contributed by atoms with Crippen LogP contribution in [-0.4, -0.2) is 28.0 Å². The minimum absolute atomic E-state index is 0.639. The fraction of sp³-hybridized carbons (Fsp3) is 0.316. The molecule has 2 atom stereocenters. The molecule has 1 N–H and O–H groups in total. The van der Waals surface area contributed by atoms with Gasteiger partial charge in [-0.15, -0.1) is 0 Å². The second kappa shape index (κ2) is 4.83. The molecule has 2 bridgehead atoms. The maximum absolute atomic E-state index is 4.93. The van der Waals surface area contributed by atoms with Gasteiger partial charge in [0, 0.05) is 31.0 Å². The van der Waals surface area contributed by atoms with Crippen molar-refractivity contribution in [3.8, 4) is 11.3 Å². The Morgan fingerprint density at radius 2 is 1.61 bits per heavy atom. The summed E-state index contributed by atoms with van der Waals surface area (Å²) in [7, 11) is 0. The van der Waals surface area contributed by atoms with Crippen LogP contribution >= 0.6 is 0 Å². The molecule has 114 valence electrons.